The zero-order valence-corrected chi connectivity index (χ0v) is 23.7. The van der Waals surface area contributed by atoms with E-state index in [2.05, 4.69) is 15.6 Å². The molecule has 1 aromatic heterocycles. The highest BCUT2D eigenvalue weighted by molar-refractivity contribution is 8.00. The highest BCUT2D eigenvalue weighted by Crippen LogP contribution is 2.33. The minimum Gasteiger partial charge on any atom is -0.496 e. The predicted octanol–water partition coefficient (Wildman–Crippen LogP) is 7.04. The summed E-state index contributed by atoms with van der Waals surface area (Å²) in [6, 6.07) is 24.7. The van der Waals surface area contributed by atoms with Crippen LogP contribution in [0.2, 0.25) is 0 Å². The van der Waals surface area contributed by atoms with Crippen LogP contribution in [0.15, 0.2) is 95.2 Å². The number of rotatable bonds is 9. The van der Waals surface area contributed by atoms with Crippen LogP contribution in [0.5, 0.6) is 5.75 Å². The van der Waals surface area contributed by atoms with Crippen molar-refractivity contribution in [1.82, 2.24) is 4.98 Å². The van der Waals surface area contributed by atoms with Gasteiger partial charge in [0, 0.05) is 32.5 Å². The van der Waals surface area contributed by atoms with Crippen molar-refractivity contribution in [3.8, 4) is 17.0 Å². The van der Waals surface area contributed by atoms with E-state index >= 15 is 0 Å². The van der Waals surface area contributed by atoms with Gasteiger partial charge in [0.05, 0.1) is 23.6 Å². The van der Waals surface area contributed by atoms with Crippen LogP contribution in [0.4, 0.5) is 10.8 Å². The van der Waals surface area contributed by atoms with E-state index in [4.69, 9.17) is 4.74 Å². The molecular formula is C31H25N3O5S2. The number of carbonyl (C=O) groups is 3. The van der Waals surface area contributed by atoms with Gasteiger partial charge in [0.2, 0.25) is 5.91 Å². The number of aromatic carboxylic acids is 1. The summed E-state index contributed by atoms with van der Waals surface area (Å²) in [5, 5.41) is 18.4. The Hall–Kier alpha value is -4.67. The number of carboxylic acid groups (broad SMARTS) is 1. The molecule has 41 heavy (non-hydrogen) atoms. The molecule has 5 aromatic rings. The molecule has 0 aliphatic carbocycles. The Morgan fingerprint density at radius 3 is 2.32 bits per heavy atom. The first-order valence-electron chi connectivity index (χ1n) is 12.6. The van der Waals surface area contributed by atoms with Gasteiger partial charge in [-0.05, 0) is 60.8 Å². The summed E-state index contributed by atoms with van der Waals surface area (Å²) in [6.07, 6.45) is 0. The van der Waals surface area contributed by atoms with E-state index in [0.29, 0.717) is 27.3 Å². The van der Waals surface area contributed by atoms with Crippen LogP contribution >= 0.6 is 23.1 Å². The van der Waals surface area contributed by atoms with Gasteiger partial charge in [0.25, 0.3) is 5.91 Å². The lowest BCUT2D eigenvalue weighted by Gasteiger charge is -2.12. The SMILES string of the molecule is COc1ccccc1-c1csc(NC(=O)C(C)Sc2ccc(NC(=O)c3cccc4cccc(C(=O)O)c34)cc2)n1. The molecule has 1 heterocycles. The second-order valence-electron chi connectivity index (χ2n) is 8.98. The topological polar surface area (TPSA) is 118 Å². The standard InChI is InChI=1S/C31H25N3O5S2/c1-18(28(35)34-31-33-25(17-40-31)22-9-3-4-12-26(22)39-2)41-21-15-13-20(14-16-21)32-29(36)23-10-5-7-19-8-6-11-24(27(19)23)30(37)38/h3-18H,1-2H3,(H,32,36)(H,37,38)(H,33,34,35). The van der Waals surface area contributed by atoms with Gasteiger partial charge in [-0.25, -0.2) is 9.78 Å². The molecule has 3 N–H and O–H groups in total. The molecule has 206 valence electrons. The van der Waals surface area contributed by atoms with Gasteiger partial charge >= 0.3 is 5.97 Å². The highest BCUT2D eigenvalue weighted by atomic mass is 32.2. The highest BCUT2D eigenvalue weighted by Gasteiger charge is 2.19. The fourth-order valence-corrected chi connectivity index (χ4v) is 5.88. The molecule has 1 unspecified atom stereocenters. The summed E-state index contributed by atoms with van der Waals surface area (Å²) in [5.41, 5.74) is 2.47. The molecule has 4 aromatic carbocycles. The molecule has 0 bridgehead atoms. The van der Waals surface area contributed by atoms with Gasteiger partial charge in [-0.2, -0.15) is 0 Å². The zero-order valence-electron chi connectivity index (χ0n) is 22.1. The van der Waals surface area contributed by atoms with Crippen LogP contribution in [-0.4, -0.2) is 40.2 Å². The number of fused-ring (bicyclic) bond motifs is 1. The summed E-state index contributed by atoms with van der Waals surface area (Å²) in [4.78, 5) is 43.1. The summed E-state index contributed by atoms with van der Waals surface area (Å²) in [5.74, 6) is -0.977. The van der Waals surface area contributed by atoms with Crippen LogP contribution in [0, 0.1) is 0 Å². The lowest BCUT2D eigenvalue weighted by atomic mass is 9.98. The Morgan fingerprint density at radius 2 is 1.61 bits per heavy atom. The molecule has 0 saturated heterocycles. The Kier molecular flexibility index (Phi) is 8.32. The molecule has 0 spiro atoms. The third-order valence-corrected chi connectivity index (χ3v) is 8.16. The van der Waals surface area contributed by atoms with Gasteiger partial charge in [-0.1, -0.05) is 36.4 Å². The Labute approximate surface area is 244 Å². The number of hydrogen-bond acceptors (Lipinski definition) is 7. The fourth-order valence-electron chi connectivity index (χ4n) is 4.30. The van der Waals surface area contributed by atoms with Gasteiger partial charge < -0.3 is 20.5 Å². The lowest BCUT2D eigenvalue weighted by molar-refractivity contribution is -0.115. The number of methoxy groups -OCH3 is 1. The number of anilines is 2. The molecule has 10 heteroatoms. The van der Waals surface area contributed by atoms with Crippen LogP contribution in [0.3, 0.4) is 0 Å². The number of nitrogens with one attached hydrogen (secondary N) is 2. The summed E-state index contributed by atoms with van der Waals surface area (Å²) in [7, 11) is 1.61. The smallest absolute Gasteiger partial charge is 0.336 e. The molecule has 0 aliphatic heterocycles. The molecule has 8 nitrogen and oxygen atoms in total. The van der Waals surface area contributed by atoms with E-state index in [9.17, 15) is 19.5 Å². The molecule has 0 aliphatic rings. The van der Waals surface area contributed by atoms with Gasteiger partial charge in [-0.3, -0.25) is 9.59 Å². The van der Waals surface area contributed by atoms with Crippen molar-refractivity contribution < 1.29 is 24.2 Å². The number of thioether (sulfide) groups is 1. The van der Waals surface area contributed by atoms with E-state index in [-0.39, 0.29) is 17.0 Å². The molecule has 1 atom stereocenters. The number of amides is 2. The molecular weight excluding hydrogens is 558 g/mol. The number of thiazole rings is 1. The van der Waals surface area contributed by atoms with Crippen molar-refractivity contribution in [2.75, 3.05) is 17.7 Å². The third kappa shape index (κ3) is 6.24. The number of carboxylic acids is 1. The first-order valence-corrected chi connectivity index (χ1v) is 14.3. The predicted molar refractivity (Wildman–Crippen MR) is 163 cm³/mol. The lowest BCUT2D eigenvalue weighted by Crippen LogP contribution is -2.22. The van der Waals surface area contributed by atoms with Crippen LogP contribution in [-0.2, 0) is 4.79 Å². The number of hydrogen-bond donors (Lipinski definition) is 3. The normalized spacial score (nSPS) is 11.6. The molecule has 0 radical (unpaired) electrons. The van der Waals surface area contributed by atoms with Crippen molar-refractivity contribution in [3.05, 3.63) is 101 Å². The molecule has 5 rings (SSSR count). The Morgan fingerprint density at radius 1 is 0.902 bits per heavy atom. The zero-order chi connectivity index (χ0) is 28.9. The number of nitrogens with zero attached hydrogens (tertiary/aromatic N) is 1. The average molecular weight is 584 g/mol. The van der Waals surface area contributed by atoms with Crippen molar-refractivity contribution in [2.45, 2.75) is 17.1 Å². The van der Waals surface area contributed by atoms with Crippen molar-refractivity contribution in [2.24, 2.45) is 0 Å². The van der Waals surface area contributed by atoms with Gasteiger partial charge in [-0.15, -0.1) is 23.1 Å². The quantitative estimate of drug-likeness (QED) is 0.159. The first kappa shape index (κ1) is 27.9. The van der Waals surface area contributed by atoms with Crippen LogP contribution in [0.1, 0.15) is 27.6 Å². The average Bonchev–Trinajstić information content (AvgIpc) is 3.45. The maximum Gasteiger partial charge on any atom is 0.336 e. The third-order valence-electron chi connectivity index (χ3n) is 6.29. The van der Waals surface area contributed by atoms with Crippen LogP contribution < -0.4 is 15.4 Å². The molecule has 0 saturated carbocycles. The second kappa shape index (κ2) is 12.2. The first-order chi connectivity index (χ1) is 19.8. The second-order valence-corrected chi connectivity index (χ2v) is 11.3. The van der Waals surface area contributed by atoms with E-state index in [1.165, 1.54) is 29.2 Å². The van der Waals surface area contributed by atoms with Gasteiger partial charge in [0.15, 0.2) is 5.13 Å². The van der Waals surface area contributed by atoms with Crippen molar-refractivity contribution in [1.29, 1.82) is 0 Å². The van der Waals surface area contributed by atoms with Crippen molar-refractivity contribution >= 4 is 62.5 Å². The Bertz CT molecular complexity index is 1750. The maximum absolute atomic E-state index is 13.1. The molecule has 2 amide bonds. The van der Waals surface area contributed by atoms with E-state index in [1.807, 2.05) is 48.7 Å². The number of aromatic nitrogens is 1. The van der Waals surface area contributed by atoms with Crippen molar-refractivity contribution in [3.63, 3.8) is 0 Å². The number of ether oxygens (including phenoxy) is 1. The summed E-state index contributed by atoms with van der Waals surface area (Å²) >= 11 is 2.72. The molecule has 0 fully saturated rings. The van der Waals surface area contributed by atoms with E-state index in [1.54, 1.807) is 49.6 Å². The van der Waals surface area contributed by atoms with E-state index < -0.39 is 17.1 Å². The largest absolute Gasteiger partial charge is 0.496 e. The minimum atomic E-state index is -1.10. The minimum absolute atomic E-state index is 0.0704. The number of para-hydroxylation sites is 1. The number of carbonyl (C=O) groups excluding carboxylic acids is 2. The Balaban J connectivity index is 1.22. The van der Waals surface area contributed by atoms with Crippen LogP contribution in [0.25, 0.3) is 22.0 Å². The summed E-state index contributed by atoms with van der Waals surface area (Å²) in [6.45, 7) is 1.81. The maximum atomic E-state index is 13.1. The monoisotopic (exact) mass is 583 g/mol. The summed E-state index contributed by atoms with van der Waals surface area (Å²) < 4.78 is 5.41. The fraction of sp³-hybridized carbons (Fsp3) is 0.0968. The number of benzene rings is 4. The van der Waals surface area contributed by atoms with E-state index in [0.717, 1.165) is 16.2 Å². The van der Waals surface area contributed by atoms with Gasteiger partial charge in [0.1, 0.15) is 5.75 Å².